The third-order valence-corrected chi connectivity index (χ3v) is 6.46. The number of carbonyl (C=O) groups excluding carboxylic acids is 2. The van der Waals surface area contributed by atoms with Gasteiger partial charge in [-0.2, -0.15) is 0 Å². The molecule has 2 amide bonds. The van der Waals surface area contributed by atoms with E-state index in [1.807, 2.05) is 59.5 Å². The van der Waals surface area contributed by atoms with Crippen LogP contribution in [0.1, 0.15) is 30.4 Å². The van der Waals surface area contributed by atoms with Crippen molar-refractivity contribution >= 4 is 11.8 Å². The zero-order valence-electron chi connectivity index (χ0n) is 18.2. The lowest BCUT2D eigenvalue weighted by molar-refractivity contribution is -0.139. The number of piperidine rings is 1. The summed E-state index contributed by atoms with van der Waals surface area (Å²) in [4.78, 5) is 31.7. The van der Waals surface area contributed by atoms with Gasteiger partial charge in [-0.05, 0) is 60.1 Å². The maximum Gasteiger partial charge on any atom is 0.225 e. The highest BCUT2D eigenvalue weighted by Gasteiger charge is 2.42. The van der Waals surface area contributed by atoms with Crippen LogP contribution in [0.3, 0.4) is 0 Å². The molecule has 1 aliphatic rings. The Morgan fingerprint density at radius 2 is 1.69 bits per heavy atom. The summed E-state index contributed by atoms with van der Waals surface area (Å²) in [5.74, 6) is -0.246. The van der Waals surface area contributed by atoms with Crippen LogP contribution >= 0.6 is 0 Å². The van der Waals surface area contributed by atoms with E-state index in [4.69, 9.17) is 5.73 Å². The van der Waals surface area contributed by atoms with Crippen molar-refractivity contribution in [3.8, 4) is 11.1 Å². The minimum Gasteiger partial charge on any atom is -0.369 e. The molecule has 1 fully saturated rings. The lowest BCUT2D eigenvalue weighted by Crippen LogP contribution is -2.53. The molecule has 1 atom stereocenters. The standard InChI is InChI=1S/C27H29N3O2/c28-26(32)27(19-23-9-4-5-10-24(23)22-13-16-29-17-14-22)15-6-18-30(20-27)25(31)12-11-21-7-2-1-3-8-21/h1-5,7-10,13-14,16-17H,6,11-12,15,18-20H2,(H2,28,32). The van der Waals surface area contributed by atoms with Crippen molar-refractivity contribution < 1.29 is 9.59 Å². The molecule has 2 aromatic carbocycles. The van der Waals surface area contributed by atoms with Crippen molar-refractivity contribution in [3.05, 3.63) is 90.3 Å². The molecule has 0 saturated carbocycles. The van der Waals surface area contributed by atoms with Gasteiger partial charge in [-0.3, -0.25) is 14.6 Å². The summed E-state index contributed by atoms with van der Waals surface area (Å²) in [6.07, 6.45) is 6.65. The molecule has 3 aromatic rings. The van der Waals surface area contributed by atoms with Crippen LogP contribution in [0.4, 0.5) is 0 Å². The van der Waals surface area contributed by atoms with Gasteiger partial charge in [0.2, 0.25) is 11.8 Å². The predicted octanol–water partition coefficient (Wildman–Crippen LogP) is 4.02. The van der Waals surface area contributed by atoms with Gasteiger partial charge in [-0.25, -0.2) is 0 Å². The van der Waals surface area contributed by atoms with Crippen LogP contribution < -0.4 is 5.73 Å². The second-order valence-corrected chi connectivity index (χ2v) is 8.62. The summed E-state index contributed by atoms with van der Waals surface area (Å²) in [6, 6.07) is 22.0. The van der Waals surface area contributed by atoms with E-state index >= 15 is 0 Å². The highest BCUT2D eigenvalue weighted by molar-refractivity contribution is 5.84. The van der Waals surface area contributed by atoms with Gasteiger partial charge >= 0.3 is 0 Å². The zero-order valence-corrected chi connectivity index (χ0v) is 18.2. The van der Waals surface area contributed by atoms with Gasteiger partial charge in [-0.1, -0.05) is 54.6 Å². The van der Waals surface area contributed by atoms with E-state index in [9.17, 15) is 9.59 Å². The SMILES string of the molecule is NC(=O)C1(Cc2ccccc2-c2ccncc2)CCCN(C(=O)CCc2ccccc2)C1. The summed E-state index contributed by atoms with van der Waals surface area (Å²) >= 11 is 0. The van der Waals surface area contributed by atoms with Crippen LogP contribution in [0.25, 0.3) is 11.1 Å². The molecule has 0 bridgehead atoms. The second kappa shape index (κ2) is 9.77. The summed E-state index contributed by atoms with van der Waals surface area (Å²) < 4.78 is 0. The number of pyridine rings is 1. The molecule has 4 rings (SSSR count). The normalized spacial score (nSPS) is 18.3. The number of rotatable bonds is 7. The van der Waals surface area contributed by atoms with E-state index in [1.165, 1.54) is 0 Å². The molecule has 2 heterocycles. The summed E-state index contributed by atoms with van der Waals surface area (Å²) in [5, 5.41) is 0. The quantitative estimate of drug-likeness (QED) is 0.619. The molecular formula is C27H29N3O2. The molecule has 5 nitrogen and oxygen atoms in total. The summed E-state index contributed by atoms with van der Waals surface area (Å²) in [5.41, 5.74) is 9.56. The number of hydrogen-bond acceptors (Lipinski definition) is 3. The van der Waals surface area contributed by atoms with Gasteiger partial charge < -0.3 is 10.6 Å². The Bertz CT molecular complexity index is 1070. The minimum atomic E-state index is -0.760. The largest absolute Gasteiger partial charge is 0.369 e. The van der Waals surface area contributed by atoms with Crippen LogP contribution in [0, 0.1) is 5.41 Å². The number of aromatic nitrogens is 1. The average Bonchev–Trinajstić information content (AvgIpc) is 2.84. The van der Waals surface area contributed by atoms with E-state index < -0.39 is 5.41 Å². The van der Waals surface area contributed by atoms with Crippen molar-refractivity contribution in [1.82, 2.24) is 9.88 Å². The fourth-order valence-corrected chi connectivity index (χ4v) is 4.68. The zero-order chi connectivity index (χ0) is 22.4. The number of nitrogens with zero attached hydrogens (tertiary/aromatic N) is 2. The third kappa shape index (κ3) is 4.88. The Hall–Kier alpha value is -3.47. The monoisotopic (exact) mass is 427 g/mol. The summed E-state index contributed by atoms with van der Waals surface area (Å²) in [7, 11) is 0. The molecular weight excluding hydrogens is 398 g/mol. The fraction of sp³-hybridized carbons (Fsp3) is 0.296. The molecule has 1 unspecified atom stereocenters. The Balaban J connectivity index is 1.53. The van der Waals surface area contributed by atoms with Gasteiger partial charge in [0.25, 0.3) is 0 Å². The first-order chi connectivity index (χ1) is 15.6. The first-order valence-electron chi connectivity index (χ1n) is 11.2. The van der Waals surface area contributed by atoms with Crippen LogP contribution in [-0.4, -0.2) is 34.8 Å². The Morgan fingerprint density at radius 1 is 0.969 bits per heavy atom. The molecule has 0 spiro atoms. The van der Waals surface area contributed by atoms with Crippen LogP contribution in [-0.2, 0) is 22.4 Å². The van der Waals surface area contributed by atoms with Gasteiger partial charge in [0.15, 0.2) is 0 Å². The van der Waals surface area contributed by atoms with Gasteiger partial charge in [-0.15, -0.1) is 0 Å². The molecule has 1 aromatic heterocycles. The van der Waals surface area contributed by atoms with Crippen LogP contribution in [0.5, 0.6) is 0 Å². The number of benzene rings is 2. The van der Waals surface area contributed by atoms with E-state index in [0.29, 0.717) is 38.8 Å². The first-order valence-corrected chi connectivity index (χ1v) is 11.2. The number of primary amides is 1. The number of carbonyl (C=O) groups is 2. The minimum absolute atomic E-state index is 0.0848. The maximum absolute atomic E-state index is 13.0. The number of likely N-dealkylation sites (tertiary alicyclic amines) is 1. The topological polar surface area (TPSA) is 76.3 Å². The smallest absolute Gasteiger partial charge is 0.225 e. The van der Waals surface area contributed by atoms with Crippen LogP contribution in [0.2, 0.25) is 0 Å². The first kappa shape index (κ1) is 21.8. The summed E-state index contributed by atoms with van der Waals surface area (Å²) in [6.45, 7) is 1.05. The van der Waals surface area contributed by atoms with Crippen molar-refractivity contribution in [3.63, 3.8) is 0 Å². The fourth-order valence-electron chi connectivity index (χ4n) is 4.68. The maximum atomic E-state index is 13.0. The number of amides is 2. The molecule has 0 aliphatic carbocycles. The van der Waals surface area contributed by atoms with E-state index in [0.717, 1.165) is 28.7 Å². The molecule has 32 heavy (non-hydrogen) atoms. The third-order valence-electron chi connectivity index (χ3n) is 6.46. The van der Waals surface area contributed by atoms with E-state index in [-0.39, 0.29) is 11.8 Å². The Morgan fingerprint density at radius 3 is 2.44 bits per heavy atom. The van der Waals surface area contributed by atoms with Crippen molar-refractivity contribution in [2.75, 3.05) is 13.1 Å². The highest BCUT2D eigenvalue weighted by Crippen LogP contribution is 2.37. The number of hydrogen-bond donors (Lipinski definition) is 1. The number of aryl methyl sites for hydroxylation is 1. The molecule has 5 heteroatoms. The van der Waals surface area contributed by atoms with Gasteiger partial charge in [0.1, 0.15) is 0 Å². The molecule has 1 saturated heterocycles. The second-order valence-electron chi connectivity index (χ2n) is 8.62. The molecule has 0 radical (unpaired) electrons. The highest BCUT2D eigenvalue weighted by atomic mass is 16.2. The van der Waals surface area contributed by atoms with Crippen molar-refractivity contribution in [2.45, 2.75) is 32.1 Å². The lowest BCUT2D eigenvalue weighted by atomic mass is 9.73. The Kier molecular flexibility index (Phi) is 6.64. The van der Waals surface area contributed by atoms with Gasteiger partial charge in [0.05, 0.1) is 5.41 Å². The van der Waals surface area contributed by atoms with E-state index in [1.54, 1.807) is 12.4 Å². The predicted molar refractivity (Wildman–Crippen MR) is 126 cm³/mol. The van der Waals surface area contributed by atoms with Gasteiger partial charge in [0, 0.05) is 31.9 Å². The van der Waals surface area contributed by atoms with Crippen molar-refractivity contribution in [1.29, 1.82) is 0 Å². The van der Waals surface area contributed by atoms with Crippen LogP contribution in [0.15, 0.2) is 79.1 Å². The van der Waals surface area contributed by atoms with E-state index in [2.05, 4.69) is 17.1 Å². The molecule has 164 valence electrons. The molecule has 1 aliphatic heterocycles. The van der Waals surface area contributed by atoms with Crippen molar-refractivity contribution in [2.24, 2.45) is 11.1 Å². The molecule has 2 N–H and O–H groups in total. The Labute approximate surface area is 189 Å². The average molecular weight is 428 g/mol. The number of nitrogens with two attached hydrogens (primary N) is 1. The lowest BCUT2D eigenvalue weighted by Gasteiger charge is -2.41.